The van der Waals surface area contributed by atoms with Crippen LogP contribution in [0.15, 0.2) is 29.0 Å². The average Bonchev–Trinajstić information content (AvgIpc) is 3.05. The summed E-state index contributed by atoms with van der Waals surface area (Å²) in [5, 5.41) is 3.41. The van der Waals surface area contributed by atoms with Gasteiger partial charge in [0.1, 0.15) is 5.52 Å². The molecule has 2 heterocycles. The molecule has 0 saturated carbocycles. The SMILES string of the molecule is CN(CCc1ccc2ncoc2c1)C1CCNC1. The molecule has 0 radical (unpaired) electrons. The van der Waals surface area contributed by atoms with Crippen LogP contribution in [0.5, 0.6) is 0 Å². The van der Waals surface area contributed by atoms with Crippen LogP contribution in [0.4, 0.5) is 0 Å². The molecule has 1 atom stereocenters. The van der Waals surface area contributed by atoms with Gasteiger partial charge in [0, 0.05) is 19.1 Å². The molecule has 1 fully saturated rings. The summed E-state index contributed by atoms with van der Waals surface area (Å²) < 4.78 is 5.33. The maximum absolute atomic E-state index is 5.33. The highest BCUT2D eigenvalue weighted by Crippen LogP contribution is 2.15. The Morgan fingerprint density at radius 2 is 2.44 bits per heavy atom. The number of aromatic nitrogens is 1. The minimum atomic E-state index is 0.694. The number of likely N-dealkylation sites (N-methyl/N-ethyl adjacent to an activating group) is 1. The third kappa shape index (κ3) is 2.40. The first-order valence-corrected chi connectivity index (χ1v) is 6.56. The third-order valence-corrected chi connectivity index (χ3v) is 3.81. The minimum absolute atomic E-state index is 0.694. The highest BCUT2D eigenvalue weighted by atomic mass is 16.3. The van der Waals surface area contributed by atoms with E-state index in [1.807, 2.05) is 6.07 Å². The van der Waals surface area contributed by atoms with Crippen LogP contribution in [0.1, 0.15) is 12.0 Å². The van der Waals surface area contributed by atoms with E-state index >= 15 is 0 Å². The maximum atomic E-state index is 5.33. The number of hydrogen-bond acceptors (Lipinski definition) is 4. The van der Waals surface area contributed by atoms with Crippen molar-refractivity contribution in [1.82, 2.24) is 15.2 Å². The smallest absolute Gasteiger partial charge is 0.181 e. The zero-order valence-corrected chi connectivity index (χ0v) is 10.7. The molecule has 2 aromatic rings. The number of rotatable bonds is 4. The molecule has 0 spiro atoms. The summed E-state index contributed by atoms with van der Waals surface area (Å²) >= 11 is 0. The van der Waals surface area contributed by atoms with E-state index < -0.39 is 0 Å². The fourth-order valence-corrected chi connectivity index (χ4v) is 2.56. The van der Waals surface area contributed by atoms with Gasteiger partial charge in [-0.25, -0.2) is 4.98 Å². The predicted octanol–water partition coefficient (Wildman–Crippen LogP) is 1.66. The minimum Gasteiger partial charge on any atom is -0.443 e. The van der Waals surface area contributed by atoms with Gasteiger partial charge in [-0.15, -0.1) is 0 Å². The summed E-state index contributed by atoms with van der Waals surface area (Å²) in [4.78, 5) is 6.58. The summed E-state index contributed by atoms with van der Waals surface area (Å²) in [7, 11) is 2.21. The van der Waals surface area contributed by atoms with Crippen molar-refractivity contribution in [3.05, 3.63) is 30.2 Å². The number of nitrogens with zero attached hydrogens (tertiary/aromatic N) is 2. The number of hydrogen-bond donors (Lipinski definition) is 1. The lowest BCUT2D eigenvalue weighted by Gasteiger charge is -2.23. The first-order valence-electron chi connectivity index (χ1n) is 6.56. The molecule has 1 aromatic heterocycles. The second-order valence-corrected chi connectivity index (χ2v) is 5.03. The van der Waals surface area contributed by atoms with Crippen LogP contribution >= 0.6 is 0 Å². The number of nitrogens with one attached hydrogen (secondary N) is 1. The Labute approximate surface area is 107 Å². The zero-order chi connectivity index (χ0) is 12.4. The van der Waals surface area contributed by atoms with Crippen molar-refractivity contribution in [1.29, 1.82) is 0 Å². The van der Waals surface area contributed by atoms with E-state index in [-0.39, 0.29) is 0 Å². The lowest BCUT2D eigenvalue weighted by Crippen LogP contribution is -2.34. The van der Waals surface area contributed by atoms with Gasteiger partial charge in [-0.3, -0.25) is 0 Å². The van der Waals surface area contributed by atoms with E-state index in [0.29, 0.717) is 6.04 Å². The highest BCUT2D eigenvalue weighted by molar-refractivity contribution is 5.72. The van der Waals surface area contributed by atoms with Crippen molar-refractivity contribution >= 4 is 11.1 Å². The van der Waals surface area contributed by atoms with Crippen molar-refractivity contribution in [3.8, 4) is 0 Å². The molecular formula is C14H19N3O. The first kappa shape index (κ1) is 11.7. The molecule has 1 saturated heterocycles. The predicted molar refractivity (Wildman–Crippen MR) is 71.6 cm³/mol. The van der Waals surface area contributed by atoms with Gasteiger partial charge < -0.3 is 14.6 Å². The van der Waals surface area contributed by atoms with Crippen LogP contribution in [0, 0.1) is 0 Å². The Hall–Kier alpha value is -1.39. The Kier molecular flexibility index (Phi) is 3.30. The standard InChI is InChI=1S/C14H19N3O/c1-17(12-4-6-15-9-12)7-5-11-2-3-13-14(8-11)18-10-16-13/h2-3,8,10,12,15H,4-7,9H2,1H3. The molecule has 96 valence electrons. The van der Waals surface area contributed by atoms with Gasteiger partial charge in [-0.05, 0) is 44.1 Å². The molecule has 18 heavy (non-hydrogen) atoms. The summed E-state index contributed by atoms with van der Waals surface area (Å²) in [6.07, 6.45) is 3.83. The van der Waals surface area contributed by atoms with E-state index in [9.17, 15) is 0 Å². The van der Waals surface area contributed by atoms with Crippen LogP contribution in [0.25, 0.3) is 11.1 Å². The van der Waals surface area contributed by atoms with Crippen molar-refractivity contribution in [3.63, 3.8) is 0 Å². The van der Waals surface area contributed by atoms with Gasteiger partial charge in [-0.2, -0.15) is 0 Å². The average molecular weight is 245 g/mol. The largest absolute Gasteiger partial charge is 0.443 e. The fourth-order valence-electron chi connectivity index (χ4n) is 2.56. The van der Waals surface area contributed by atoms with E-state index in [1.165, 1.54) is 18.4 Å². The normalized spacial score (nSPS) is 20.0. The zero-order valence-electron chi connectivity index (χ0n) is 10.7. The number of oxazole rings is 1. The number of fused-ring (bicyclic) bond motifs is 1. The van der Waals surface area contributed by atoms with Crippen LogP contribution in [-0.4, -0.2) is 42.6 Å². The summed E-state index contributed by atoms with van der Waals surface area (Å²) in [5.74, 6) is 0. The topological polar surface area (TPSA) is 41.3 Å². The molecule has 0 bridgehead atoms. The summed E-state index contributed by atoms with van der Waals surface area (Å²) in [5.41, 5.74) is 3.14. The molecule has 1 aromatic carbocycles. The van der Waals surface area contributed by atoms with Gasteiger partial charge in [0.15, 0.2) is 12.0 Å². The molecule has 4 nitrogen and oxygen atoms in total. The molecule has 1 N–H and O–H groups in total. The maximum Gasteiger partial charge on any atom is 0.181 e. The lowest BCUT2D eigenvalue weighted by atomic mass is 10.1. The Morgan fingerprint density at radius 3 is 3.28 bits per heavy atom. The van der Waals surface area contributed by atoms with Crippen molar-refractivity contribution in [2.24, 2.45) is 0 Å². The van der Waals surface area contributed by atoms with E-state index in [0.717, 1.165) is 37.2 Å². The van der Waals surface area contributed by atoms with Gasteiger partial charge in [-0.1, -0.05) is 6.07 Å². The van der Waals surface area contributed by atoms with Crippen molar-refractivity contribution in [2.75, 3.05) is 26.7 Å². The van der Waals surface area contributed by atoms with Crippen molar-refractivity contribution < 1.29 is 4.42 Å². The fraction of sp³-hybridized carbons (Fsp3) is 0.500. The Morgan fingerprint density at radius 1 is 1.50 bits per heavy atom. The second-order valence-electron chi connectivity index (χ2n) is 5.03. The van der Waals surface area contributed by atoms with Crippen LogP contribution < -0.4 is 5.32 Å². The van der Waals surface area contributed by atoms with Gasteiger partial charge in [0.2, 0.25) is 0 Å². The lowest BCUT2D eigenvalue weighted by molar-refractivity contribution is 0.260. The molecule has 1 aliphatic heterocycles. The van der Waals surface area contributed by atoms with Crippen LogP contribution in [-0.2, 0) is 6.42 Å². The van der Waals surface area contributed by atoms with Crippen molar-refractivity contribution in [2.45, 2.75) is 18.9 Å². The van der Waals surface area contributed by atoms with E-state index in [1.54, 1.807) is 0 Å². The summed E-state index contributed by atoms with van der Waals surface area (Å²) in [6.45, 7) is 3.36. The molecule has 4 heteroatoms. The Bertz CT molecular complexity index is 516. The number of benzene rings is 1. The quantitative estimate of drug-likeness (QED) is 0.889. The molecule has 1 aliphatic rings. The van der Waals surface area contributed by atoms with Gasteiger partial charge >= 0.3 is 0 Å². The molecule has 1 unspecified atom stereocenters. The second kappa shape index (κ2) is 5.08. The molecule has 0 amide bonds. The van der Waals surface area contributed by atoms with E-state index in [2.05, 4.69) is 34.4 Å². The third-order valence-electron chi connectivity index (χ3n) is 3.81. The molecule has 0 aliphatic carbocycles. The summed E-state index contributed by atoms with van der Waals surface area (Å²) in [6, 6.07) is 6.97. The van der Waals surface area contributed by atoms with Gasteiger partial charge in [0.05, 0.1) is 0 Å². The van der Waals surface area contributed by atoms with Gasteiger partial charge in [0.25, 0.3) is 0 Å². The van der Waals surface area contributed by atoms with E-state index in [4.69, 9.17) is 4.42 Å². The first-order chi connectivity index (χ1) is 8.83. The Balaban J connectivity index is 1.61. The highest BCUT2D eigenvalue weighted by Gasteiger charge is 2.18. The molecule has 3 rings (SSSR count). The van der Waals surface area contributed by atoms with Crippen LogP contribution in [0.2, 0.25) is 0 Å². The molecular weight excluding hydrogens is 226 g/mol. The van der Waals surface area contributed by atoms with Crippen LogP contribution in [0.3, 0.4) is 0 Å². The monoisotopic (exact) mass is 245 g/mol.